The van der Waals surface area contributed by atoms with Crippen molar-refractivity contribution in [3.05, 3.63) is 50.8 Å². The fraction of sp³-hybridized carbons (Fsp3) is 0.438. The van der Waals surface area contributed by atoms with E-state index in [4.69, 9.17) is 11.6 Å². The highest BCUT2D eigenvalue weighted by atomic mass is 35.5. The first-order valence-electron chi connectivity index (χ1n) is 8.58. The molecule has 13 heteroatoms. The van der Waals surface area contributed by atoms with Crippen LogP contribution in [-0.2, 0) is 22.7 Å². The van der Waals surface area contributed by atoms with Crippen LogP contribution in [0.5, 0.6) is 0 Å². The topological polar surface area (TPSA) is 107 Å². The number of sulfonamides is 1. The number of aryl methyl sites for hydroxylation is 1. The highest BCUT2D eigenvalue weighted by molar-refractivity contribution is 7.89. The van der Waals surface area contributed by atoms with Crippen LogP contribution in [0.3, 0.4) is 0 Å². The number of halogens is 4. The van der Waals surface area contributed by atoms with E-state index in [1.807, 2.05) is 0 Å². The number of alkyl halides is 3. The van der Waals surface area contributed by atoms with Crippen molar-refractivity contribution >= 4 is 27.3 Å². The van der Waals surface area contributed by atoms with Gasteiger partial charge in [0.25, 0.3) is 5.69 Å². The number of nitrogens with zero attached hydrogens (tertiary/aromatic N) is 3. The molecule has 0 spiro atoms. The van der Waals surface area contributed by atoms with Crippen LogP contribution in [0.2, 0.25) is 5.02 Å². The molecular weight excluding hydrogens is 437 g/mol. The van der Waals surface area contributed by atoms with Crippen molar-refractivity contribution in [3.8, 4) is 0 Å². The fourth-order valence-corrected chi connectivity index (χ4v) is 4.34. The summed E-state index contributed by atoms with van der Waals surface area (Å²) in [5.74, 6) is -0.0762. The number of hydrogen-bond acceptors (Lipinski definition) is 5. The minimum absolute atomic E-state index is 0.0408. The molecule has 1 N–H and O–H groups in total. The van der Waals surface area contributed by atoms with Crippen molar-refractivity contribution < 1.29 is 26.5 Å². The second kappa shape index (κ2) is 7.92. The molecule has 0 saturated heterocycles. The molecule has 3 rings (SSSR count). The van der Waals surface area contributed by atoms with Gasteiger partial charge in [-0.15, -0.1) is 0 Å². The number of hydrogen-bond donors (Lipinski definition) is 1. The van der Waals surface area contributed by atoms with E-state index >= 15 is 0 Å². The Labute approximate surface area is 168 Å². The standard InChI is InChI=1S/C16H16ClF3N4O4S/c17-13-14(10-5-6-10)23(22-15(13)16(18,19)20)8-2-7-21-29(27,28)12-4-1-3-11(9-12)24(25)26/h1,3-4,9-10,21H,2,5-8H2. The summed E-state index contributed by atoms with van der Waals surface area (Å²) in [6.07, 6.45) is -3.07. The Morgan fingerprint density at radius 3 is 2.62 bits per heavy atom. The molecule has 1 aromatic carbocycles. The number of non-ortho nitro benzene ring substituents is 1. The zero-order valence-corrected chi connectivity index (χ0v) is 16.4. The lowest BCUT2D eigenvalue weighted by Gasteiger charge is -2.09. The zero-order valence-electron chi connectivity index (χ0n) is 14.8. The summed E-state index contributed by atoms with van der Waals surface area (Å²) in [5.41, 5.74) is -1.19. The van der Waals surface area contributed by atoms with E-state index in [2.05, 4.69) is 9.82 Å². The van der Waals surface area contributed by atoms with Crippen molar-refractivity contribution in [1.29, 1.82) is 0 Å². The SMILES string of the molecule is O=[N+]([O-])c1cccc(S(=O)(=O)NCCCn2nc(C(F)(F)F)c(Cl)c2C2CC2)c1. The Bertz CT molecular complexity index is 1040. The molecule has 1 saturated carbocycles. The van der Waals surface area contributed by atoms with E-state index in [1.165, 1.54) is 16.8 Å². The first-order valence-corrected chi connectivity index (χ1v) is 10.4. The average molecular weight is 453 g/mol. The largest absolute Gasteiger partial charge is 0.436 e. The van der Waals surface area contributed by atoms with Crippen molar-refractivity contribution in [3.63, 3.8) is 0 Å². The highest BCUT2D eigenvalue weighted by Crippen LogP contribution is 2.46. The Hall–Kier alpha value is -2.18. The van der Waals surface area contributed by atoms with E-state index in [-0.39, 0.29) is 36.0 Å². The van der Waals surface area contributed by atoms with Crippen molar-refractivity contribution in [2.75, 3.05) is 6.54 Å². The summed E-state index contributed by atoms with van der Waals surface area (Å²) in [7, 11) is -4.00. The predicted molar refractivity (Wildman–Crippen MR) is 97.1 cm³/mol. The second-order valence-electron chi connectivity index (χ2n) is 6.55. The molecule has 0 aliphatic heterocycles. The molecule has 1 fully saturated rings. The summed E-state index contributed by atoms with van der Waals surface area (Å²) in [6.45, 7) is -0.0486. The quantitative estimate of drug-likeness (QED) is 0.373. The third-order valence-electron chi connectivity index (χ3n) is 4.34. The molecular formula is C16H16ClF3N4O4S. The van der Waals surface area contributed by atoms with Crippen LogP contribution in [0.1, 0.15) is 36.6 Å². The van der Waals surface area contributed by atoms with Crippen LogP contribution in [0.15, 0.2) is 29.2 Å². The van der Waals surface area contributed by atoms with E-state index < -0.39 is 31.8 Å². The first-order chi connectivity index (χ1) is 13.5. The van der Waals surface area contributed by atoms with Crippen LogP contribution in [0.4, 0.5) is 18.9 Å². The Morgan fingerprint density at radius 1 is 1.34 bits per heavy atom. The normalized spacial score (nSPS) is 14.9. The Balaban J connectivity index is 1.66. The van der Waals surface area contributed by atoms with Gasteiger partial charge in [-0.3, -0.25) is 14.8 Å². The lowest BCUT2D eigenvalue weighted by atomic mass is 10.2. The minimum Gasteiger partial charge on any atom is -0.267 e. The lowest BCUT2D eigenvalue weighted by Crippen LogP contribution is -2.26. The summed E-state index contributed by atoms with van der Waals surface area (Å²) in [5, 5.41) is 13.9. The third kappa shape index (κ3) is 4.87. The van der Waals surface area contributed by atoms with Gasteiger partial charge in [-0.1, -0.05) is 17.7 Å². The monoisotopic (exact) mass is 452 g/mol. The van der Waals surface area contributed by atoms with Gasteiger partial charge in [0.05, 0.1) is 20.5 Å². The van der Waals surface area contributed by atoms with E-state index in [1.54, 1.807) is 0 Å². The van der Waals surface area contributed by atoms with Crippen molar-refractivity contribution in [1.82, 2.24) is 14.5 Å². The van der Waals surface area contributed by atoms with Gasteiger partial charge in [0.15, 0.2) is 5.69 Å². The van der Waals surface area contributed by atoms with Gasteiger partial charge >= 0.3 is 6.18 Å². The molecule has 1 aliphatic carbocycles. The number of nitro benzene ring substituents is 1. The smallest absolute Gasteiger partial charge is 0.267 e. The van der Waals surface area contributed by atoms with Crippen LogP contribution in [-0.4, -0.2) is 29.7 Å². The maximum Gasteiger partial charge on any atom is 0.436 e. The molecule has 1 heterocycles. The zero-order chi connectivity index (χ0) is 21.4. The molecule has 0 amide bonds. The van der Waals surface area contributed by atoms with Gasteiger partial charge < -0.3 is 0 Å². The minimum atomic E-state index is -4.67. The molecule has 0 radical (unpaired) electrons. The maximum absolute atomic E-state index is 13.0. The Kier molecular flexibility index (Phi) is 5.88. The van der Waals surface area contributed by atoms with Crippen molar-refractivity contribution in [2.45, 2.75) is 42.8 Å². The van der Waals surface area contributed by atoms with Crippen molar-refractivity contribution in [2.24, 2.45) is 0 Å². The molecule has 1 aromatic heterocycles. The lowest BCUT2D eigenvalue weighted by molar-refractivity contribution is -0.385. The fourth-order valence-electron chi connectivity index (χ4n) is 2.83. The summed E-state index contributed by atoms with van der Waals surface area (Å²) in [6, 6.07) is 4.55. The molecule has 1 aliphatic rings. The van der Waals surface area contributed by atoms with Gasteiger partial charge in [0, 0.05) is 31.1 Å². The average Bonchev–Trinajstić information content (AvgIpc) is 3.41. The Morgan fingerprint density at radius 2 is 2.03 bits per heavy atom. The molecule has 2 aromatic rings. The van der Waals surface area contributed by atoms with Crippen LogP contribution >= 0.6 is 11.6 Å². The van der Waals surface area contributed by atoms with E-state index in [9.17, 15) is 31.7 Å². The molecule has 0 bridgehead atoms. The number of aromatic nitrogens is 2. The number of nitro groups is 1. The molecule has 8 nitrogen and oxygen atoms in total. The number of nitrogens with one attached hydrogen (secondary N) is 1. The maximum atomic E-state index is 13.0. The van der Waals surface area contributed by atoms with Gasteiger partial charge in [-0.25, -0.2) is 13.1 Å². The summed E-state index contributed by atoms with van der Waals surface area (Å²) in [4.78, 5) is 9.80. The number of rotatable bonds is 8. The molecule has 29 heavy (non-hydrogen) atoms. The van der Waals surface area contributed by atoms with Crippen LogP contribution < -0.4 is 4.72 Å². The predicted octanol–water partition coefficient (Wildman–Crippen LogP) is 3.71. The third-order valence-corrected chi connectivity index (χ3v) is 6.17. The first kappa shape index (κ1) is 21.5. The second-order valence-corrected chi connectivity index (χ2v) is 8.69. The molecule has 0 unspecified atom stereocenters. The number of benzene rings is 1. The highest BCUT2D eigenvalue weighted by Gasteiger charge is 2.41. The van der Waals surface area contributed by atoms with Gasteiger partial charge in [0.2, 0.25) is 10.0 Å². The van der Waals surface area contributed by atoms with Crippen LogP contribution in [0, 0.1) is 10.1 Å². The van der Waals surface area contributed by atoms with Crippen LogP contribution in [0.25, 0.3) is 0 Å². The van der Waals surface area contributed by atoms with Gasteiger partial charge in [-0.2, -0.15) is 18.3 Å². The van der Waals surface area contributed by atoms with Gasteiger partial charge in [0.1, 0.15) is 0 Å². The van der Waals surface area contributed by atoms with Gasteiger partial charge in [-0.05, 0) is 25.3 Å². The summed E-state index contributed by atoms with van der Waals surface area (Å²) >= 11 is 5.89. The van der Waals surface area contributed by atoms with E-state index in [0.29, 0.717) is 5.69 Å². The molecule has 158 valence electrons. The molecule has 0 atom stereocenters. The summed E-state index contributed by atoms with van der Waals surface area (Å²) < 4.78 is 67.1. The van der Waals surface area contributed by atoms with E-state index in [0.717, 1.165) is 25.0 Å².